The molecule has 0 aliphatic rings. The first-order valence-corrected chi connectivity index (χ1v) is 15.6. The number of carbonyl (C=O) groups excluding carboxylic acids is 2. The highest BCUT2D eigenvalue weighted by atomic mass is 79.9. The number of rotatable bonds is 4. The van der Waals surface area contributed by atoms with Gasteiger partial charge in [0, 0.05) is 15.1 Å². The topological polar surface area (TPSA) is 222 Å². The predicted molar refractivity (Wildman–Crippen MR) is 188 cm³/mol. The third kappa shape index (κ3) is 13.9. The second kappa shape index (κ2) is 19.5. The Morgan fingerprint density at radius 1 is 0.646 bits per heavy atom. The van der Waals surface area contributed by atoms with Crippen LogP contribution < -0.4 is 11.1 Å². The van der Waals surface area contributed by atoms with Crippen LogP contribution in [0, 0.1) is 0 Å². The Labute approximate surface area is 308 Å². The molecular weight excluding hydrogens is 846 g/mol. The number of aromatic nitrogens is 4. The van der Waals surface area contributed by atoms with Crippen LogP contribution in [0.4, 0.5) is 11.6 Å². The van der Waals surface area contributed by atoms with Gasteiger partial charge in [-0.25, -0.2) is 24.7 Å². The number of phenolic OH excluding ortho intramolecular Hbond substituents is 2. The summed E-state index contributed by atoms with van der Waals surface area (Å²) in [5.74, 6) is -1.56. The van der Waals surface area contributed by atoms with E-state index in [0.29, 0.717) is 30.1 Å². The Morgan fingerprint density at radius 2 is 1.08 bits per heavy atom. The van der Waals surface area contributed by atoms with E-state index in [1.54, 1.807) is 6.20 Å². The normalized spacial score (nSPS) is 9.71. The van der Waals surface area contributed by atoms with Crippen molar-refractivity contribution in [2.45, 2.75) is 0 Å². The van der Waals surface area contributed by atoms with Crippen LogP contribution in [0.2, 0.25) is 15.1 Å². The van der Waals surface area contributed by atoms with Gasteiger partial charge in [0.1, 0.15) is 37.8 Å². The first-order chi connectivity index (χ1) is 22.6. The highest BCUT2D eigenvalue weighted by molar-refractivity contribution is 9.10. The molecule has 13 nitrogen and oxygen atoms in total. The molecule has 0 aliphatic carbocycles. The van der Waals surface area contributed by atoms with E-state index in [1.165, 1.54) is 73.2 Å². The summed E-state index contributed by atoms with van der Waals surface area (Å²) in [6, 6.07) is 12.2. The molecule has 0 atom stereocenters. The van der Waals surface area contributed by atoms with Crippen molar-refractivity contribution in [3.05, 3.63) is 120 Å². The maximum atomic E-state index is 11.9. The van der Waals surface area contributed by atoms with Crippen molar-refractivity contribution in [2.24, 2.45) is 0 Å². The maximum absolute atomic E-state index is 11.9. The molecule has 2 aromatic heterocycles. The third-order valence-corrected chi connectivity index (χ3v) is 6.79. The molecule has 0 spiro atoms. The number of anilines is 2. The zero-order valence-corrected chi connectivity index (χ0v) is 29.8. The van der Waals surface area contributed by atoms with E-state index in [4.69, 9.17) is 67.5 Å². The van der Waals surface area contributed by atoms with Crippen LogP contribution in [0.25, 0.3) is 0 Å². The van der Waals surface area contributed by atoms with E-state index in [1.807, 2.05) is 0 Å². The number of nitrogen functional groups attached to an aromatic ring is 1. The lowest BCUT2D eigenvalue weighted by atomic mass is 10.2. The standard InChI is InChI=1S/C11H7BrClN3O2.C7H4Cl2O2.C7H5ClO3.C4H4BrN3/c12-9-4-15-10(5-14-9)16-11(18)7-3-6(13)1-2-8(7)17;8-4-1-2-6(10)5(3-4)7(9)11;8-4-1-2-6(9)5(3-4)7(10)11;5-3-1-8-4(6)2-7-3/h1-5,17H,(H,15,16,18);1-3,10H;1-3,9H,(H,10,11);1-2H,(H2,6,8). The number of nitrogens with zero attached hydrogens (tertiary/aromatic N) is 4. The third-order valence-electron chi connectivity index (χ3n) is 5.06. The zero-order valence-electron chi connectivity index (χ0n) is 23.7. The van der Waals surface area contributed by atoms with Crippen LogP contribution in [-0.4, -0.2) is 57.5 Å². The Balaban J connectivity index is 0.000000233. The summed E-state index contributed by atoms with van der Waals surface area (Å²) in [6.45, 7) is 0. The van der Waals surface area contributed by atoms with Crippen LogP contribution in [0.15, 0.2) is 88.6 Å². The monoisotopic (exact) mass is 862 g/mol. The summed E-state index contributed by atoms with van der Waals surface area (Å²) >= 11 is 28.2. The summed E-state index contributed by atoms with van der Waals surface area (Å²) in [5.41, 5.74) is 5.15. The van der Waals surface area contributed by atoms with Gasteiger partial charge in [-0.2, -0.15) is 0 Å². The SMILES string of the molecule is Nc1cnc(Br)cn1.O=C(Cl)c1cc(Cl)ccc1O.O=C(Nc1cnc(Br)cn1)c1cc(Cl)ccc1O.O=C(O)c1cc(Cl)ccc1O. The molecule has 1 amide bonds. The number of hydrogen-bond donors (Lipinski definition) is 6. The van der Waals surface area contributed by atoms with Crippen LogP contribution in [0.3, 0.4) is 0 Å². The number of carboxylic acids is 1. The Hall–Kier alpha value is -4.25. The van der Waals surface area contributed by atoms with Crippen molar-refractivity contribution in [2.75, 3.05) is 11.1 Å². The van der Waals surface area contributed by atoms with Gasteiger partial charge in [-0.3, -0.25) is 9.59 Å². The second-order valence-corrected chi connectivity index (χ2v) is 11.8. The largest absolute Gasteiger partial charge is 0.507 e. The molecule has 0 radical (unpaired) electrons. The number of hydrogen-bond acceptors (Lipinski definition) is 11. The number of phenols is 3. The smallest absolute Gasteiger partial charge is 0.339 e. The molecular formula is C29H20Br2Cl4N6O7. The van der Waals surface area contributed by atoms with Crippen molar-refractivity contribution in [1.29, 1.82) is 0 Å². The molecule has 48 heavy (non-hydrogen) atoms. The molecule has 0 aliphatic heterocycles. The lowest BCUT2D eigenvalue weighted by Gasteiger charge is -2.06. The fraction of sp³-hybridized carbons (Fsp3) is 0. The maximum Gasteiger partial charge on any atom is 0.339 e. The molecule has 0 unspecified atom stereocenters. The van der Waals surface area contributed by atoms with Gasteiger partial charge in [0.2, 0.25) is 0 Å². The van der Waals surface area contributed by atoms with E-state index >= 15 is 0 Å². The number of carboxylic acid groups (broad SMARTS) is 1. The molecule has 2 heterocycles. The summed E-state index contributed by atoms with van der Waals surface area (Å²) in [4.78, 5) is 48.2. The van der Waals surface area contributed by atoms with Crippen LogP contribution >= 0.6 is 78.3 Å². The van der Waals surface area contributed by atoms with Gasteiger partial charge in [-0.1, -0.05) is 34.8 Å². The van der Waals surface area contributed by atoms with Crippen LogP contribution in [0.5, 0.6) is 17.2 Å². The Morgan fingerprint density at radius 3 is 1.46 bits per heavy atom. The molecule has 250 valence electrons. The molecule has 19 heteroatoms. The molecule has 0 bridgehead atoms. The number of aromatic hydroxyl groups is 3. The van der Waals surface area contributed by atoms with Crippen molar-refractivity contribution in [1.82, 2.24) is 19.9 Å². The van der Waals surface area contributed by atoms with E-state index < -0.39 is 17.1 Å². The lowest BCUT2D eigenvalue weighted by Crippen LogP contribution is -2.13. The number of nitrogens with two attached hydrogens (primary N) is 1. The minimum absolute atomic E-state index is 0.0270. The summed E-state index contributed by atoms with van der Waals surface area (Å²) in [7, 11) is 0. The van der Waals surface area contributed by atoms with Crippen molar-refractivity contribution in [3.63, 3.8) is 0 Å². The van der Waals surface area contributed by atoms with Crippen molar-refractivity contribution < 1.29 is 34.8 Å². The summed E-state index contributed by atoms with van der Waals surface area (Å²) < 4.78 is 1.26. The second-order valence-electron chi connectivity index (χ2n) is 8.51. The minimum Gasteiger partial charge on any atom is -0.507 e. The minimum atomic E-state index is -1.19. The van der Waals surface area contributed by atoms with E-state index in [2.05, 4.69) is 57.1 Å². The van der Waals surface area contributed by atoms with E-state index in [-0.39, 0.29) is 39.8 Å². The van der Waals surface area contributed by atoms with Gasteiger partial charge in [-0.05, 0) is 98.1 Å². The van der Waals surface area contributed by atoms with Gasteiger partial charge in [0.05, 0.1) is 35.9 Å². The molecule has 3 aromatic carbocycles. The number of benzene rings is 3. The summed E-state index contributed by atoms with van der Waals surface area (Å²) in [6.07, 6.45) is 5.89. The lowest BCUT2D eigenvalue weighted by molar-refractivity contribution is 0.0693. The van der Waals surface area contributed by atoms with Gasteiger partial charge in [0.15, 0.2) is 5.82 Å². The fourth-order valence-corrected chi connectivity index (χ4v) is 4.00. The molecule has 0 fully saturated rings. The van der Waals surface area contributed by atoms with Gasteiger partial charge < -0.3 is 31.5 Å². The quantitative estimate of drug-likeness (QED) is 0.0952. The number of halogens is 6. The van der Waals surface area contributed by atoms with Gasteiger partial charge >= 0.3 is 5.97 Å². The average molecular weight is 866 g/mol. The Bertz CT molecular complexity index is 1810. The van der Waals surface area contributed by atoms with Crippen molar-refractivity contribution >= 4 is 107 Å². The highest BCUT2D eigenvalue weighted by Gasteiger charge is 2.13. The average Bonchev–Trinajstić information content (AvgIpc) is 3.04. The Kier molecular flexibility index (Phi) is 16.3. The predicted octanol–water partition coefficient (Wildman–Crippen LogP) is 7.84. The molecule has 7 N–H and O–H groups in total. The van der Waals surface area contributed by atoms with Crippen molar-refractivity contribution in [3.8, 4) is 17.2 Å². The summed E-state index contributed by atoms with van der Waals surface area (Å²) in [5, 5.41) is 38.8. The highest BCUT2D eigenvalue weighted by Crippen LogP contribution is 2.24. The number of aromatic carboxylic acids is 1. The van der Waals surface area contributed by atoms with Crippen LogP contribution in [0.1, 0.15) is 31.1 Å². The molecule has 0 saturated carbocycles. The number of carbonyl (C=O) groups is 3. The van der Waals surface area contributed by atoms with Gasteiger partial charge in [-0.15, -0.1) is 0 Å². The van der Waals surface area contributed by atoms with E-state index in [0.717, 1.165) is 0 Å². The first kappa shape index (κ1) is 39.9. The molecule has 0 saturated heterocycles. The van der Waals surface area contributed by atoms with Crippen LogP contribution in [-0.2, 0) is 0 Å². The fourth-order valence-electron chi connectivity index (χ4n) is 2.92. The molecule has 5 aromatic rings. The molecule has 5 rings (SSSR count). The van der Waals surface area contributed by atoms with E-state index in [9.17, 15) is 19.5 Å². The number of amides is 1. The van der Waals surface area contributed by atoms with Gasteiger partial charge in [0.25, 0.3) is 11.1 Å². The first-order valence-electron chi connectivity index (χ1n) is 12.5. The zero-order chi connectivity index (χ0) is 36.0. The number of nitrogens with one attached hydrogen (secondary N) is 1.